The van der Waals surface area contributed by atoms with Gasteiger partial charge in [-0.15, -0.1) is 24.0 Å². The van der Waals surface area contributed by atoms with Gasteiger partial charge in [0, 0.05) is 32.2 Å². The quantitative estimate of drug-likeness (QED) is 0.208. The molecule has 0 fully saturated rings. The molecule has 0 aliphatic rings. The van der Waals surface area contributed by atoms with E-state index in [1.54, 1.807) is 49.5 Å². The first-order valence-corrected chi connectivity index (χ1v) is 8.89. The summed E-state index contributed by atoms with van der Waals surface area (Å²) in [4.78, 5) is 16.1. The molecule has 158 valence electrons. The lowest BCUT2D eigenvalue weighted by Gasteiger charge is -2.14. The maximum Gasteiger partial charge on any atom is 0.387 e. The Labute approximate surface area is 190 Å². The van der Waals surface area contributed by atoms with Crippen LogP contribution in [0.3, 0.4) is 0 Å². The number of para-hydroxylation sites is 1. The Bertz CT molecular complexity index is 824. The highest BCUT2D eigenvalue weighted by atomic mass is 127. The Morgan fingerprint density at radius 2 is 1.72 bits per heavy atom. The van der Waals surface area contributed by atoms with E-state index in [-0.39, 0.29) is 42.2 Å². The third-order valence-corrected chi connectivity index (χ3v) is 4.01. The predicted molar refractivity (Wildman–Crippen MR) is 120 cm³/mol. The number of alkyl halides is 2. The lowest BCUT2D eigenvalue weighted by molar-refractivity contribution is -0.0504. The molecule has 0 heterocycles. The fourth-order valence-corrected chi connectivity index (χ4v) is 2.58. The lowest BCUT2D eigenvalue weighted by atomic mass is 10.2. The van der Waals surface area contributed by atoms with Crippen LogP contribution in [0.5, 0.6) is 5.75 Å². The van der Waals surface area contributed by atoms with E-state index < -0.39 is 6.61 Å². The first kappa shape index (κ1) is 24.9. The zero-order chi connectivity index (χ0) is 20.4. The van der Waals surface area contributed by atoms with Crippen LogP contribution in [0.4, 0.5) is 8.78 Å². The number of halogens is 4. The normalized spacial score (nSPS) is 10.9. The summed E-state index contributed by atoms with van der Waals surface area (Å²) in [5.41, 5.74) is 0.972. The van der Waals surface area contributed by atoms with E-state index >= 15 is 0 Å². The average Bonchev–Trinajstić information content (AvgIpc) is 2.68. The highest BCUT2D eigenvalue weighted by Gasteiger charge is 2.10. The first-order chi connectivity index (χ1) is 13.5. The van der Waals surface area contributed by atoms with E-state index in [9.17, 15) is 13.6 Å². The Balaban J connectivity index is 0.00000420. The zero-order valence-corrected chi connectivity index (χ0v) is 18.7. The van der Waals surface area contributed by atoms with Gasteiger partial charge in [-0.1, -0.05) is 41.9 Å². The van der Waals surface area contributed by atoms with Crippen LogP contribution in [-0.4, -0.2) is 38.6 Å². The number of carbonyl (C=O) groups excluding carboxylic acids is 1. The van der Waals surface area contributed by atoms with Crippen LogP contribution in [0.15, 0.2) is 53.5 Å². The summed E-state index contributed by atoms with van der Waals surface area (Å²) >= 11 is 5.99. The minimum Gasteiger partial charge on any atom is -0.434 e. The molecular formula is C19H22ClF2IN4O2. The van der Waals surface area contributed by atoms with Crippen molar-refractivity contribution in [2.45, 2.75) is 13.2 Å². The van der Waals surface area contributed by atoms with Crippen molar-refractivity contribution in [3.8, 4) is 5.75 Å². The molecular weight excluding hydrogens is 517 g/mol. The van der Waals surface area contributed by atoms with Crippen molar-refractivity contribution in [3.63, 3.8) is 0 Å². The van der Waals surface area contributed by atoms with E-state index in [0.717, 1.165) is 0 Å². The molecule has 1 amide bonds. The molecule has 0 unspecified atom stereocenters. The number of ether oxygens (including phenoxy) is 1. The SMILES string of the molecule is CN=C(NCCNC(=O)c1ccccc1Cl)NCc1ccccc1OC(F)F.I. The summed E-state index contributed by atoms with van der Waals surface area (Å²) in [5, 5.41) is 9.17. The molecule has 0 spiro atoms. The molecule has 0 atom stereocenters. The van der Waals surface area contributed by atoms with Gasteiger partial charge >= 0.3 is 6.61 Å². The molecule has 0 aromatic heterocycles. The molecule has 0 saturated carbocycles. The van der Waals surface area contributed by atoms with Crippen LogP contribution >= 0.6 is 35.6 Å². The summed E-state index contributed by atoms with van der Waals surface area (Å²) in [6, 6.07) is 13.3. The monoisotopic (exact) mass is 538 g/mol. The van der Waals surface area contributed by atoms with Crippen LogP contribution in [0.1, 0.15) is 15.9 Å². The van der Waals surface area contributed by atoms with Crippen LogP contribution in [-0.2, 0) is 6.54 Å². The Morgan fingerprint density at radius 3 is 2.41 bits per heavy atom. The third kappa shape index (κ3) is 8.40. The van der Waals surface area contributed by atoms with Crippen LogP contribution in [0.25, 0.3) is 0 Å². The first-order valence-electron chi connectivity index (χ1n) is 8.51. The number of nitrogens with zero attached hydrogens (tertiary/aromatic N) is 1. The highest BCUT2D eigenvalue weighted by molar-refractivity contribution is 14.0. The second kappa shape index (κ2) is 13.2. The van der Waals surface area contributed by atoms with E-state index in [4.69, 9.17) is 11.6 Å². The van der Waals surface area contributed by atoms with Crippen molar-refractivity contribution >= 4 is 47.4 Å². The molecule has 29 heavy (non-hydrogen) atoms. The highest BCUT2D eigenvalue weighted by Crippen LogP contribution is 2.19. The molecule has 0 saturated heterocycles. The third-order valence-electron chi connectivity index (χ3n) is 3.68. The molecule has 0 bridgehead atoms. The molecule has 3 N–H and O–H groups in total. The van der Waals surface area contributed by atoms with Crippen molar-refractivity contribution in [3.05, 3.63) is 64.7 Å². The topological polar surface area (TPSA) is 74.8 Å². The largest absolute Gasteiger partial charge is 0.434 e. The molecule has 0 radical (unpaired) electrons. The van der Waals surface area contributed by atoms with Gasteiger partial charge in [0.2, 0.25) is 0 Å². The molecule has 0 aliphatic carbocycles. The van der Waals surface area contributed by atoms with Gasteiger partial charge in [0.05, 0.1) is 10.6 Å². The van der Waals surface area contributed by atoms with E-state index in [0.29, 0.717) is 35.2 Å². The second-order valence-electron chi connectivity index (χ2n) is 5.57. The van der Waals surface area contributed by atoms with Gasteiger partial charge < -0.3 is 20.7 Å². The van der Waals surface area contributed by atoms with E-state index in [1.807, 2.05) is 0 Å². The van der Waals surface area contributed by atoms with Gasteiger partial charge in [-0.3, -0.25) is 9.79 Å². The minimum absolute atomic E-state index is 0. The summed E-state index contributed by atoms with van der Waals surface area (Å²) < 4.78 is 29.4. The van der Waals surface area contributed by atoms with Gasteiger partial charge in [-0.2, -0.15) is 8.78 Å². The summed E-state index contributed by atoms with van der Waals surface area (Å²) in [6.45, 7) is -1.89. The molecule has 2 aromatic rings. The predicted octanol–water partition coefficient (Wildman–Crippen LogP) is 3.65. The molecule has 0 aliphatic heterocycles. The number of benzene rings is 2. The van der Waals surface area contributed by atoms with Crippen LogP contribution < -0.4 is 20.7 Å². The van der Waals surface area contributed by atoms with Gasteiger partial charge in [0.25, 0.3) is 5.91 Å². The number of carbonyl (C=O) groups is 1. The Hall–Kier alpha value is -2.14. The summed E-state index contributed by atoms with van der Waals surface area (Å²) in [7, 11) is 1.58. The molecule has 10 heteroatoms. The maximum atomic E-state index is 12.5. The van der Waals surface area contributed by atoms with Crippen LogP contribution in [0, 0.1) is 0 Å². The lowest BCUT2D eigenvalue weighted by Crippen LogP contribution is -2.41. The van der Waals surface area contributed by atoms with E-state index in [2.05, 4.69) is 25.7 Å². The minimum atomic E-state index is -2.89. The van der Waals surface area contributed by atoms with Gasteiger partial charge in [-0.25, -0.2) is 0 Å². The smallest absolute Gasteiger partial charge is 0.387 e. The number of rotatable bonds is 8. The number of hydrogen-bond acceptors (Lipinski definition) is 3. The van der Waals surface area contributed by atoms with Gasteiger partial charge in [0.1, 0.15) is 5.75 Å². The number of guanidine groups is 1. The average molecular weight is 539 g/mol. The van der Waals surface area contributed by atoms with Crippen molar-refractivity contribution in [2.24, 2.45) is 4.99 Å². The molecule has 2 aromatic carbocycles. The standard InChI is InChI=1S/C19H21ClF2N4O2.HI/c1-23-19(26-12-13-6-2-5-9-16(13)28-18(21)22)25-11-10-24-17(27)14-7-3-4-8-15(14)20;/h2-9,18H,10-12H2,1H3,(H,24,27)(H2,23,25,26);1H. The summed E-state index contributed by atoms with van der Waals surface area (Å²) in [6.07, 6.45) is 0. The Kier molecular flexibility index (Phi) is 11.3. The second-order valence-corrected chi connectivity index (χ2v) is 5.98. The van der Waals surface area contributed by atoms with Crippen molar-refractivity contribution in [1.82, 2.24) is 16.0 Å². The van der Waals surface area contributed by atoms with Crippen molar-refractivity contribution < 1.29 is 18.3 Å². The fraction of sp³-hybridized carbons (Fsp3) is 0.263. The number of nitrogens with one attached hydrogen (secondary N) is 3. The fourth-order valence-electron chi connectivity index (χ4n) is 2.36. The van der Waals surface area contributed by atoms with Crippen molar-refractivity contribution in [1.29, 1.82) is 0 Å². The van der Waals surface area contributed by atoms with Crippen LogP contribution in [0.2, 0.25) is 5.02 Å². The number of aliphatic imine (C=N–C) groups is 1. The van der Waals surface area contributed by atoms with Crippen molar-refractivity contribution in [2.75, 3.05) is 20.1 Å². The Morgan fingerprint density at radius 1 is 1.07 bits per heavy atom. The maximum absolute atomic E-state index is 12.5. The van der Waals surface area contributed by atoms with Gasteiger partial charge in [0.15, 0.2) is 5.96 Å². The van der Waals surface area contributed by atoms with E-state index in [1.165, 1.54) is 6.07 Å². The zero-order valence-electron chi connectivity index (χ0n) is 15.6. The summed E-state index contributed by atoms with van der Waals surface area (Å²) in [5.74, 6) is 0.291. The van der Waals surface area contributed by atoms with Gasteiger partial charge in [-0.05, 0) is 18.2 Å². The molecule has 6 nitrogen and oxygen atoms in total. The number of amides is 1. The number of hydrogen-bond donors (Lipinski definition) is 3. The molecule has 2 rings (SSSR count).